The zero-order valence-electron chi connectivity index (χ0n) is 11.4. The Hall–Kier alpha value is -2.20. The molecule has 0 saturated carbocycles. The topological polar surface area (TPSA) is 41.5 Å². The second-order valence-electron chi connectivity index (χ2n) is 4.37. The van der Waals surface area contributed by atoms with Crippen LogP contribution in [0.5, 0.6) is 0 Å². The van der Waals surface area contributed by atoms with Crippen LogP contribution in [0.25, 0.3) is 0 Å². The summed E-state index contributed by atoms with van der Waals surface area (Å²) in [6.07, 6.45) is 0.629. The van der Waals surface area contributed by atoms with E-state index in [1.165, 1.54) is 18.2 Å². The van der Waals surface area contributed by atoms with Crippen molar-refractivity contribution in [2.75, 3.05) is 0 Å². The average Bonchev–Trinajstić information content (AvgIpc) is 2.48. The Morgan fingerprint density at radius 3 is 2.57 bits per heavy atom. The molecule has 0 atom stereocenters. The Labute approximate surface area is 127 Å². The lowest BCUT2D eigenvalue weighted by Gasteiger charge is -2.06. The highest BCUT2D eigenvalue weighted by molar-refractivity contribution is 6.31. The molecule has 0 aromatic heterocycles. The summed E-state index contributed by atoms with van der Waals surface area (Å²) in [5, 5.41) is 4.70. The van der Waals surface area contributed by atoms with E-state index < -0.39 is 11.7 Å². The second-order valence-corrected chi connectivity index (χ2v) is 4.81. The Kier molecular flexibility index (Phi) is 5.06. The molecule has 0 unspecified atom stereocenters. The summed E-state index contributed by atoms with van der Waals surface area (Å²) in [6, 6.07) is 12.7. The van der Waals surface area contributed by atoms with Crippen LogP contribution in [0.2, 0.25) is 5.02 Å². The molecule has 2 aromatic rings. The highest BCUT2D eigenvalue weighted by Crippen LogP contribution is 2.13. The number of amides is 1. The van der Waals surface area contributed by atoms with E-state index in [9.17, 15) is 9.18 Å². The number of nitrogens with zero attached hydrogens (tertiary/aromatic N) is 1. The van der Waals surface area contributed by atoms with Crippen LogP contribution in [0, 0.1) is 5.82 Å². The molecule has 21 heavy (non-hydrogen) atoms. The number of rotatable bonds is 4. The predicted octanol–water partition coefficient (Wildman–Crippen LogP) is 4.02. The minimum Gasteiger partial charge on any atom is -0.267 e. The molecule has 0 fully saturated rings. The number of carbonyl (C=O) groups is 1. The highest BCUT2D eigenvalue weighted by atomic mass is 35.5. The van der Waals surface area contributed by atoms with Crippen LogP contribution < -0.4 is 5.43 Å². The fourth-order valence-electron chi connectivity index (χ4n) is 1.83. The van der Waals surface area contributed by atoms with E-state index in [2.05, 4.69) is 10.5 Å². The van der Waals surface area contributed by atoms with Gasteiger partial charge in [0.25, 0.3) is 5.91 Å². The first-order valence-corrected chi connectivity index (χ1v) is 6.86. The van der Waals surface area contributed by atoms with Gasteiger partial charge in [-0.3, -0.25) is 4.79 Å². The van der Waals surface area contributed by atoms with Gasteiger partial charge in [0, 0.05) is 10.6 Å². The third kappa shape index (κ3) is 4.13. The first-order valence-electron chi connectivity index (χ1n) is 6.48. The van der Waals surface area contributed by atoms with Gasteiger partial charge >= 0.3 is 0 Å². The van der Waals surface area contributed by atoms with Crippen molar-refractivity contribution in [1.82, 2.24) is 5.43 Å². The Morgan fingerprint density at radius 2 is 1.90 bits per heavy atom. The first-order chi connectivity index (χ1) is 10.1. The third-order valence-electron chi connectivity index (χ3n) is 2.87. The van der Waals surface area contributed by atoms with Crippen LogP contribution >= 0.6 is 11.6 Å². The van der Waals surface area contributed by atoms with Crippen molar-refractivity contribution in [3.63, 3.8) is 0 Å². The van der Waals surface area contributed by atoms with Gasteiger partial charge in [-0.2, -0.15) is 5.10 Å². The average molecular weight is 305 g/mol. The molecular formula is C16H14ClFN2O. The van der Waals surface area contributed by atoms with E-state index in [1.54, 1.807) is 12.1 Å². The van der Waals surface area contributed by atoms with Crippen LogP contribution in [0.15, 0.2) is 53.6 Å². The third-order valence-corrected chi connectivity index (χ3v) is 3.11. The van der Waals surface area contributed by atoms with Crippen molar-refractivity contribution in [3.05, 3.63) is 70.5 Å². The molecule has 2 rings (SSSR count). The maximum atomic E-state index is 13.1. The quantitative estimate of drug-likeness (QED) is 0.672. The number of benzene rings is 2. The van der Waals surface area contributed by atoms with E-state index in [0.717, 1.165) is 11.6 Å². The molecule has 0 aliphatic rings. The molecular weight excluding hydrogens is 291 g/mol. The number of hydrazone groups is 1. The minimum absolute atomic E-state index is 0.222. The number of halogens is 2. The van der Waals surface area contributed by atoms with Gasteiger partial charge in [-0.15, -0.1) is 0 Å². The van der Waals surface area contributed by atoms with Gasteiger partial charge in [0.15, 0.2) is 0 Å². The van der Waals surface area contributed by atoms with Crippen molar-refractivity contribution in [3.8, 4) is 0 Å². The molecule has 0 aliphatic heterocycles. The number of nitrogens with one attached hydrogen (secondary N) is 1. The lowest BCUT2D eigenvalue weighted by molar-refractivity contribution is 0.0954. The van der Waals surface area contributed by atoms with Crippen LogP contribution in [0.1, 0.15) is 29.3 Å². The van der Waals surface area contributed by atoms with E-state index in [1.807, 2.05) is 19.1 Å². The zero-order valence-corrected chi connectivity index (χ0v) is 12.2. The number of carbonyl (C=O) groups excluding carboxylic acids is 1. The molecule has 3 nitrogen and oxygen atoms in total. The Bertz CT molecular complexity index is 685. The van der Waals surface area contributed by atoms with Crippen molar-refractivity contribution in [1.29, 1.82) is 0 Å². The van der Waals surface area contributed by atoms with Gasteiger partial charge < -0.3 is 0 Å². The smallest absolute Gasteiger partial charge is 0.267 e. The summed E-state index contributed by atoms with van der Waals surface area (Å²) in [5.74, 6) is -0.917. The van der Waals surface area contributed by atoms with Crippen LogP contribution in [-0.4, -0.2) is 11.6 Å². The molecule has 0 bridgehead atoms. The molecule has 0 saturated heterocycles. The Morgan fingerprint density at radius 1 is 1.19 bits per heavy atom. The van der Waals surface area contributed by atoms with E-state index in [-0.39, 0.29) is 5.56 Å². The van der Waals surface area contributed by atoms with E-state index >= 15 is 0 Å². The first kappa shape index (κ1) is 15.2. The second kappa shape index (κ2) is 6.99. The summed E-state index contributed by atoms with van der Waals surface area (Å²) < 4.78 is 13.1. The predicted molar refractivity (Wildman–Crippen MR) is 82.1 cm³/mol. The fraction of sp³-hybridized carbons (Fsp3) is 0.125. The van der Waals surface area contributed by atoms with Crippen molar-refractivity contribution >= 4 is 23.2 Å². The van der Waals surface area contributed by atoms with Crippen molar-refractivity contribution in [2.45, 2.75) is 13.3 Å². The molecule has 1 amide bonds. The summed E-state index contributed by atoms with van der Waals surface area (Å²) in [4.78, 5) is 11.9. The maximum absolute atomic E-state index is 13.1. The molecule has 0 heterocycles. The van der Waals surface area contributed by atoms with Gasteiger partial charge in [-0.05, 0) is 42.3 Å². The summed E-state index contributed by atoms with van der Waals surface area (Å²) in [5.41, 5.74) is 4.19. The Balaban J connectivity index is 2.16. The molecule has 2 aromatic carbocycles. The molecule has 108 valence electrons. The number of hydrogen-bond acceptors (Lipinski definition) is 2. The molecule has 5 heteroatoms. The highest BCUT2D eigenvalue weighted by Gasteiger charge is 2.07. The molecule has 0 spiro atoms. The summed E-state index contributed by atoms with van der Waals surface area (Å²) >= 11 is 5.94. The normalized spacial score (nSPS) is 11.3. The summed E-state index contributed by atoms with van der Waals surface area (Å²) in [7, 11) is 0. The van der Waals surface area contributed by atoms with E-state index in [0.29, 0.717) is 17.2 Å². The lowest BCUT2D eigenvalue weighted by atomic mass is 10.1. The van der Waals surface area contributed by atoms with Gasteiger partial charge in [0.1, 0.15) is 5.82 Å². The monoisotopic (exact) mass is 304 g/mol. The van der Waals surface area contributed by atoms with Crippen molar-refractivity contribution in [2.24, 2.45) is 5.10 Å². The summed E-state index contributed by atoms with van der Waals surface area (Å²) in [6.45, 7) is 1.92. The van der Waals surface area contributed by atoms with E-state index in [4.69, 9.17) is 11.6 Å². The van der Waals surface area contributed by atoms with Crippen molar-refractivity contribution < 1.29 is 9.18 Å². The maximum Gasteiger partial charge on any atom is 0.271 e. The van der Waals surface area contributed by atoms with Gasteiger partial charge in [0.2, 0.25) is 0 Å². The van der Waals surface area contributed by atoms with Gasteiger partial charge in [-0.1, -0.05) is 36.7 Å². The standard InChI is InChI=1S/C16H14ClFN2O/c1-2-15(11-5-3-7-13(17)9-11)19-20-16(21)12-6-4-8-14(18)10-12/h3-10H,2H2,1H3,(H,20,21)/b19-15+. The van der Waals surface area contributed by atoms with Gasteiger partial charge in [0.05, 0.1) is 5.71 Å². The van der Waals surface area contributed by atoms with Gasteiger partial charge in [-0.25, -0.2) is 9.82 Å². The van der Waals surface area contributed by atoms with Crippen LogP contribution in [0.3, 0.4) is 0 Å². The number of hydrogen-bond donors (Lipinski definition) is 1. The van der Waals surface area contributed by atoms with Crippen LogP contribution in [0.4, 0.5) is 4.39 Å². The fourth-order valence-corrected chi connectivity index (χ4v) is 2.02. The zero-order chi connectivity index (χ0) is 15.2. The lowest BCUT2D eigenvalue weighted by Crippen LogP contribution is -2.20. The molecule has 0 aliphatic carbocycles. The largest absolute Gasteiger partial charge is 0.271 e. The molecule has 0 radical (unpaired) electrons. The SMILES string of the molecule is CC/C(=N\NC(=O)c1cccc(F)c1)c1cccc(Cl)c1. The van der Waals surface area contributed by atoms with Crippen LogP contribution in [-0.2, 0) is 0 Å². The molecule has 1 N–H and O–H groups in total. The minimum atomic E-state index is -0.461.